The maximum Gasteiger partial charge on any atom is 0.270 e. The predicted molar refractivity (Wildman–Crippen MR) is 104 cm³/mol. The lowest BCUT2D eigenvalue weighted by Gasteiger charge is -2.36. The van der Waals surface area contributed by atoms with Crippen molar-refractivity contribution >= 4 is 35.3 Å². The van der Waals surface area contributed by atoms with Crippen LogP contribution >= 0.6 is 15.9 Å². The van der Waals surface area contributed by atoms with Gasteiger partial charge in [-0.25, -0.2) is 9.37 Å². The third-order valence-electron chi connectivity index (χ3n) is 5.33. The summed E-state index contributed by atoms with van der Waals surface area (Å²) in [7, 11) is -1.99. The molecule has 25 heavy (non-hydrogen) atoms. The van der Waals surface area contributed by atoms with Gasteiger partial charge in [-0.3, -0.25) is 4.79 Å². The summed E-state index contributed by atoms with van der Waals surface area (Å²) in [4.78, 5) is 19.3. The predicted octanol–water partition coefficient (Wildman–Crippen LogP) is 5.22. The first-order valence-corrected chi connectivity index (χ1v) is 12.3. The summed E-state index contributed by atoms with van der Waals surface area (Å²) >= 11 is 3.47. The molecule has 0 aliphatic heterocycles. The molecule has 1 fully saturated rings. The van der Waals surface area contributed by atoms with Crippen molar-refractivity contribution in [3.63, 3.8) is 0 Å². The number of fused-ring (bicyclic) bond motifs is 1. The Morgan fingerprint density at radius 1 is 1.40 bits per heavy atom. The maximum atomic E-state index is 15.0. The summed E-state index contributed by atoms with van der Waals surface area (Å²) in [5, 5.41) is 0.0482. The largest absolute Gasteiger partial charge is 0.412 e. The molecule has 0 bridgehead atoms. The van der Waals surface area contributed by atoms with Gasteiger partial charge in [-0.05, 0) is 53.0 Å². The lowest BCUT2D eigenvalue weighted by Crippen LogP contribution is -2.40. The van der Waals surface area contributed by atoms with Crippen molar-refractivity contribution in [2.75, 3.05) is 0 Å². The lowest BCUT2D eigenvalue weighted by atomic mass is 10.1. The van der Waals surface area contributed by atoms with Crippen LogP contribution in [0.5, 0.6) is 0 Å². The highest BCUT2D eigenvalue weighted by Gasteiger charge is 2.37. The number of hydrogen-bond acceptors (Lipinski definition) is 3. The van der Waals surface area contributed by atoms with Crippen LogP contribution in [-0.4, -0.2) is 18.3 Å². The Kier molecular flexibility index (Phi) is 4.71. The van der Waals surface area contributed by atoms with E-state index in [2.05, 4.69) is 59.8 Å². The molecule has 0 radical (unpaired) electrons. The van der Waals surface area contributed by atoms with Crippen LogP contribution in [0.1, 0.15) is 50.8 Å². The number of H-pyrrole nitrogens is 1. The van der Waals surface area contributed by atoms with E-state index < -0.39 is 14.1 Å². The molecule has 2 aromatic rings. The van der Waals surface area contributed by atoms with E-state index in [4.69, 9.17) is 4.43 Å². The number of aromatic nitrogens is 2. The highest BCUT2D eigenvalue weighted by atomic mass is 79.9. The first kappa shape index (κ1) is 18.7. The van der Waals surface area contributed by atoms with E-state index in [1.165, 1.54) is 0 Å². The van der Waals surface area contributed by atoms with Gasteiger partial charge in [-0.15, -0.1) is 0 Å². The summed E-state index contributed by atoms with van der Waals surface area (Å²) in [6, 6.07) is 1.72. The number of aromatic amines is 1. The molecule has 3 rings (SSSR count). The van der Waals surface area contributed by atoms with Crippen LogP contribution in [0.15, 0.2) is 15.3 Å². The summed E-state index contributed by atoms with van der Waals surface area (Å²) < 4.78 is 21.8. The highest BCUT2D eigenvalue weighted by Crippen LogP contribution is 2.39. The van der Waals surface area contributed by atoms with Crippen LogP contribution in [0.2, 0.25) is 18.1 Å². The molecule has 1 heterocycles. The van der Waals surface area contributed by atoms with Crippen molar-refractivity contribution in [2.24, 2.45) is 0 Å². The molecule has 4 nitrogen and oxygen atoms in total. The zero-order valence-corrected chi connectivity index (χ0v) is 17.9. The first-order valence-electron chi connectivity index (χ1n) is 8.56. The van der Waals surface area contributed by atoms with E-state index >= 15 is 0 Å². The fourth-order valence-electron chi connectivity index (χ4n) is 2.45. The van der Waals surface area contributed by atoms with Gasteiger partial charge in [0.15, 0.2) is 14.1 Å². The second kappa shape index (κ2) is 6.28. The van der Waals surface area contributed by atoms with Crippen molar-refractivity contribution in [3.8, 4) is 0 Å². The lowest BCUT2D eigenvalue weighted by molar-refractivity contribution is 0.271. The Balaban J connectivity index is 1.99. The van der Waals surface area contributed by atoms with Gasteiger partial charge in [0.25, 0.3) is 5.56 Å². The fourth-order valence-corrected chi connectivity index (χ4v) is 3.97. The quantitative estimate of drug-likeness (QED) is 0.681. The van der Waals surface area contributed by atoms with Gasteiger partial charge >= 0.3 is 0 Å². The molecule has 136 valence electrons. The monoisotopic (exact) mass is 426 g/mol. The molecule has 0 saturated heterocycles. The van der Waals surface area contributed by atoms with Crippen LogP contribution < -0.4 is 5.56 Å². The first-order chi connectivity index (χ1) is 11.5. The van der Waals surface area contributed by atoms with E-state index in [1.807, 2.05) is 0 Å². The molecular formula is C18H24BrFN2O2Si. The van der Waals surface area contributed by atoms with Crippen LogP contribution in [0.3, 0.4) is 0 Å². The van der Waals surface area contributed by atoms with Gasteiger partial charge < -0.3 is 9.41 Å². The Morgan fingerprint density at radius 2 is 2.04 bits per heavy atom. The van der Waals surface area contributed by atoms with Crippen LogP contribution in [-0.2, 0) is 11.0 Å². The molecule has 1 aromatic carbocycles. The van der Waals surface area contributed by atoms with Gasteiger partial charge in [0.05, 0.1) is 6.61 Å². The van der Waals surface area contributed by atoms with Crippen LogP contribution in [0.25, 0.3) is 11.0 Å². The number of nitrogens with one attached hydrogen (secondary N) is 1. The molecule has 0 unspecified atom stereocenters. The summed E-state index contributed by atoms with van der Waals surface area (Å²) in [5.41, 5.74) is 1.27. The van der Waals surface area contributed by atoms with E-state index in [9.17, 15) is 9.18 Å². The minimum absolute atomic E-state index is 0.0482. The topological polar surface area (TPSA) is 55.0 Å². The number of rotatable bonds is 4. The summed E-state index contributed by atoms with van der Waals surface area (Å²) in [6.07, 6.45) is 1.94. The zero-order valence-electron chi connectivity index (χ0n) is 15.3. The third kappa shape index (κ3) is 3.59. The normalized spacial score (nSPS) is 15.8. The minimum atomic E-state index is -1.99. The minimum Gasteiger partial charge on any atom is -0.412 e. The van der Waals surface area contributed by atoms with Crippen molar-refractivity contribution in [2.45, 2.75) is 64.3 Å². The van der Waals surface area contributed by atoms with Gasteiger partial charge in [0, 0.05) is 16.0 Å². The molecule has 7 heteroatoms. The summed E-state index contributed by atoms with van der Waals surface area (Å²) in [6.45, 7) is 10.9. The molecule has 1 N–H and O–H groups in total. The van der Waals surface area contributed by atoms with Crippen molar-refractivity contribution in [1.82, 2.24) is 9.97 Å². The molecule has 1 aliphatic carbocycles. The second-order valence-corrected chi connectivity index (χ2v) is 14.0. The molecule has 1 aromatic heterocycles. The van der Waals surface area contributed by atoms with Crippen LogP contribution in [0.4, 0.5) is 4.39 Å². The number of hydrogen-bond donors (Lipinski definition) is 1. The molecule has 1 saturated carbocycles. The molecule has 0 amide bonds. The van der Waals surface area contributed by atoms with Gasteiger partial charge in [-0.2, -0.15) is 0 Å². The zero-order chi connectivity index (χ0) is 18.6. The average Bonchev–Trinajstić information content (AvgIpc) is 3.32. The number of halogens is 2. The molecule has 0 atom stereocenters. The second-order valence-electron chi connectivity index (χ2n) is 8.33. The standard InChI is InChI=1S/C18H24BrFN2O2Si/c1-18(2,3)25(4,5)24-9-11-8-12(19)15-16(13(11)20)22-17(23)14(21-15)10-6-7-10/h8,10H,6-7,9H2,1-5H3,(H,22,23). The van der Waals surface area contributed by atoms with E-state index in [1.54, 1.807) is 6.07 Å². The smallest absolute Gasteiger partial charge is 0.270 e. The van der Waals surface area contributed by atoms with Crippen LogP contribution in [0, 0.1) is 5.82 Å². The van der Waals surface area contributed by atoms with Crippen molar-refractivity contribution in [1.29, 1.82) is 0 Å². The van der Waals surface area contributed by atoms with Crippen molar-refractivity contribution in [3.05, 3.63) is 38.0 Å². The van der Waals surface area contributed by atoms with Gasteiger partial charge in [0.2, 0.25) is 0 Å². The number of nitrogens with zero attached hydrogens (tertiary/aromatic N) is 1. The Bertz CT molecular complexity index is 885. The number of benzene rings is 1. The van der Waals surface area contributed by atoms with Gasteiger partial charge in [0.1, 0.15) is 16.7 Å². The Morgan fingerprint density at radius 3 is 2.60 bits per heavy atom. The van der Waals surface area contributed by atoms with Gasteiger partial charge in [-0.1, -0.05) is 20.8 Å². The molecular weight excluding hydrogens is 403 g/mol. The highest BCUT2D eigenvalue weighted by molar-refractivity contribution is 9.10. The molecule has 1 aliphatic rings. The fraction of sp³-hybridized carbons (Fsp3) is 0.556. The Hall–Kier alpha value is -1.05. The Labute approximate surface area is 156 Å². The molecule has 0 spiro atoms. The SMILES string of the molecule is CC(C)(C)[Si](C)(C)OCc1cc(Br)c2nc(C3CC3)c(=O)[nH]c2c1F. The average molecular weight is 427 g/mol. The van der Waals surface area contributed by atoms with Crippen molar-refractivity contribution < 1.29 is 8.82 Å². The van der Waals surface area contributed by atoms with E-state index in [0.29, 0.717) is 21.2 Å². The van der Waals surface area contributed by atoms with E-state index in [-0.39, 0.29) is 28.6 Å². The van der Waals surface area contributed by atoms with E-state index in [0.717, 1.165) is 12.8 Å². The summed E-state index contributed by atoms with van der Waals surface area (Å²) in [5.74, 6) is -0.242. The maximum absolute atomic E-state index is 15.0. The third-order valence-corrected chi connectivity index (χ3v) is 10.4.